The van der Waals surface area contributed by atoms with Gasteiger partial charge in [0.15, 0.2) is 0 Å². The number of carbonyl (C=O) groups excluding carboxylic acids is 1. The Bertz CT molecular complexity index is 205. The average Bonchev–Trinajstić information content (AvgIpc) is 2.09. The molecule has 0 saturated heterocycles. The summed E-state index contributed by atoms with van der Waals surface area (Å²) in [6, 6.07) is 0. The molecule has 3 nitrogen and oxygen atoms in total. The van der Waals surface area contributed by atoms with E-state index >= 15 is 0 Å². The molecule has 1 rings (SSSR count). The Morgan fingerprint density at radius 2 is 1.93 bits per heavy atom. The van der Waals surface area contributed by atoms with Crippen molar-refractivity contribution in [1.82, 2.24) is 0 Å². The summed E-state index contributed by atoms with van der Waals surface area (Å²) < 4.78 is 5.16. The lowest BCUT2D eigenvalue weighted by Gasteiger charge is -2.34. The van der Waals surface area contributed by atoms with Crippen LogP contribution in [0.15, 0.2) is 0 Å². The van der Waals surface area contributed by atoms with E-state index in [1.165, 1.54) is 0 Å². The Morgan fingerprint density at radius 1 is 1.43 bits per heavy atom. The Balaban J connectivity index is 2.52. The monoisotopic (exact) mass is 199 g/mol. The molecule has 0 spiro atoms. The van der Waals surface area contributed by atoms with Crippen molar-refractivity contribution in [3.05, 3.63) is 0 Å². The normalized spacial score (nSPS) is 33.1. The lowest BCUT2D eigenvalue weighted by Crippen LogP contribution is -2.51. The molecule has 1 aliphatic carbocycles. The molecule has 0 aromatic carbocycles. The molecule has 0 atom stereocenters. The fourth-order valence-electron chi connectivity index (χ4n) is 1.81. The zero-order chi connectivity index (χ0) is 10.8. The molecule has 2 N–H and O–H groups in total. The Kier molecular flexibility index (Phi) is 3.53. The molecule has 3 heteroatoms. The smallest absolute Gasteiger partial charge is 0.326 e. The molecule has 1 saturated carbocycles. The molecule has 0 amide bonds. The number of nitrogens with two attached hydrogens (primary N) is 1. The zero-order valence-corrected chi connectivity index (χ0v) is 9.38. The number of hydrogen-bond donors (Lipinski definition) is 1. The first-order chi connectivity index (χ1) is 6.44. The van der Waals surface area contributed by atoms with Gasteiger partial charge in [0.2, 0.25) is 0 Å². The molecule has 1 aliphatic rings. The Hall–Kier alpha value is -0.570. The van der Waals surface area contributed by atoms with Crippen LogP contribution in [-0.2, 0) is 9.53 Å². The topological polar surface area (TPSA) is 52.3 Å². The van der Waals surface area contributed by atoms with E-state index in [1.54, 1.807) is 0 Å². The van der Waals surface area contributed by atoms with Crippen LogP contribution in [0.4, 0.5) is 0 Å². The average molecular weight is 199 g/mol. The minimum atomic E-state index is -0.712. The highest BCUT2D eigenvalue weighted by Crippen LogP contribution is 2.31. The molecule has 0 aliphatic heterocycles. The van der Waals surface area contributed by atoms with Gasteiger partial charge in [-0.2, -0.15) is 0 Å². The van der Waals surface area contributed by atoms with E-state index in [1.807, 2.05) is 13.8 Å². The molecule has 0 unspecified atom stereocenters. The van der Waals surface area contributed by atoms with Crippen LogP contribution in [0.5, 0.6) is 0 Å². The fraction of sp³-hybridized carbons (Fsp3) is 0.909. The first kappa shape index (κ1) is 11.5. The molecule has 0 bridgehead atoms. The molecule has 0 aromatic rings. The van der Waals surface area contributed by atoms with Crippen LogP contribution < -0.4 is 5.73 Å². The number of carbonyl (C=O) groups is 1. The van der Waals surface area contributed by atoms with Crippen molar-refractivity contribution in [2.75, 3.05) is 0 Å². The van der Waals surface area contributed by atoms with Gasteiger partial charge in [-0.15, -0.1) is 0 Å². The van der Waals surface area contributed by atoms with E-state index < -0.39 is 5.54 Å². The molecule has 0 aromatic heterocycles. The van der Waals surface area contributed by atoms with Gasteiger partial charge in [-0.3, -0.25) is 4.79 Å². The fourth-order valence-corrected chi connectivity index (χ4v) is 1.81. The summed E-state index contributed by atoms with van der Waals surface area (Å²) in [6.07, 6.45) is 3.52. The van der Waals surface area contributed by atoms with E-state index in [2.05, 4.69) is 6.92 Å². The van der Waals surface area contributed by atoms with Crippen LogP contribution in [0, 0.1) is 5.92 Å². The van der Waals surface area contributed by atoms with Crippen molar-refractivity contribution in [1.29, 1.82) is 0 Å². The molecular weight excluding hydrogens is 178 g/mol. The molecule has 0 radical (unpaired) electrons. The summed E-state index contributed by atoms with van der Waals surface area (Å²) in [4.78, 5) is 11.7. The SMILES string of the molecule is CC1CCC(N)(C(=O)OC(C)C)CC1. The largest absolute Gasteiger partial charge is 0.462 e. The lowest BCUT2D eigenvalue weighted by atomic mass is 9.78. The number of hydrogen-bond acceptors (Lipinski definition) is 3. The third kappa shape index (κ3) is 2.71. The van der Waals surface area contributed by atoms with Crippen molar-refractivity contribution in [2.24, 2.45) is 11.7 Å². The van der Waals surface area contributed by atoms with Gasteiger partial charge in [0.25, 0.3) is 0 Å². The van der Waals surface area contributed by atoms with E-state index in [0.717, 1.165) is 25.7 Å². The van der Waals surface area contributed by atoms with Crippen molar-refractivity contribution in [3.63, 3.8) is 0 Å². The van der Waals surface area contributed by atoms with Crippen molar-refractivity contribution >= 4 is 5.97 Å². The summed E-state index contributed by atoms with van der Waals surface area (Å²) in [5.41, 5.74) is 5.33. The van der Waals surface area contributed by atoms with Crippen molar-refractivity contribution in [2.45, 2.75) is 58.1 Å². The van der Waals surface area contributed by atoms with E-state index in [9.17, 15) is 4.79 Å². The van der Waals surface area contributed by atoms with Gasteiger partial charge in [0, 0.05) is 0 Å². The number of esters is 1. The standard InChI is InChI=1S/C11H21NO2/c1-8(2)14-10(13)11(12)6-4-9(3)5-7-11/h8-9H,4-7,12H2,1-3H3. The van der Waals surface area contributed by atoms with Crippen LogP contribution in [0.2, 0.25) is 0 Å². The van der Waals surface area contributed by atoms with Gasteiger partial charge in [-0.1, -0.05) is 6.92 Å². The number of ether oxygens (including phenoxy) is 1. The summed E-state index contributed by atoms with van der Waals surface area (Å²) in [5, 5.41) is 0. The maximum absolute atomic E-state index is 11.7. The van der Waals surface area contributed by atoms with Gasteiger partial charge in [0.05, 0.1) is 6.10 Å². The second-order valence-corrected chi connectivity index (χ2v) is 4.79. The molecule has 0 heterocycles. The highest BCUT2D eigenvalue weighted by molar-refractivity contribution is 5.80. The van der Waals surface area contributed by atoms with Crippen molar-refractivity contribution in [3.8, 4) is 0 Å². The lowest BCUT2D eigenvalue weighted by molar-refractivity contribution is -0.155. The first-order valence-electron chi connectivity index (χ1n) is 5.44. The summed E-state index contributed by atoms with van der Waals surface area (Å²) in [5.74, 6) is 0.470. The Labute approximate surface area is 86.0 Å². The highest BCUT2D eigenvalue weighted by Gasteiger charge is 2.38. The quantitative estimate of drug-likeness (QED) is 0.690. The molecular formula is C11H21NO2. The van der Waals surface area contributed by atoms with Gasteiger partial charge in [0.1, 0.15) is 5.54 Å². The van der Waals surface area contributed by atoms with Crippen LogP contribution in [0.25, 0.3) is 0 Å². The molecule has 14 heavy (non-hydrogen) atoms. The summed E-state index contributed by atoms with van der Waals surface area (Å²) in [7, 11) is 0. The predicted molar refractivity (Wildman–Crippen MR) is 55.8 cm³/mol. The second kappa shape index (κ2) is 4.30. The minimum absolute atomic E-state index is 0.0673. The zero-order valence-electron chi connectivity index (χ0n) is 9.38. The molecule has 82 valence electrons. The van der Waals surface area contributed by atoms with Gasteiger partial charge < -0.3 is 10.5 Å². The third-order valence-corrected chi connectivity index (χ3v) is 2.92. The van der Waals surface area contributed by atoms with E-state index in [-0.39, 0.29) is 12.1 Å². The number of rotatable bonds is 2. The first-order valence-corrected chi connectivity index (χ1v) is 5.44. The third-order valence-electron chi connectivity index (χ3n) is 2.92. The second-order valence-electron chi connectivity index (χ2n) is 4.79. The maximum Gasteiger partial charge on any atom is 0.326 e. The van der Waals surface area contributed by atoms with Gasteiger partial charge in [-0.25, -0.2) is 0 Å². The van der Waals surface area contributed by atoms with Gasteiger partial charge in [-0.05, 0) is 45.4 Å². The van der Waals surface area contributed by atoms with E-state index in [4.69, 9.17) is 10.5 Å². The minimum Gasteiger partial charge on any atom is -0.462 e. The van der Waals surface area contributed by atoms with Crippen molar-refractivity contribution < 1.29 is 9.53 Å². The van der Waals surface area contributed by atoms with Crippen LogP contribution >= 0.6 is 0 Å². The molecule has 1 fully saturated rings. The van der Waals surface area contributed by atoms with Crippen LogP contribution in [0.3, 0.4) is 0 Å². The van der Waals surface area contributed by atoms with Crippen LogP contribution in [-0.4, -0.2) is 17.6 Å². The van der Waals surface area contributed by atoms with Crippen LogP contribution in [0.1, 0.15) is 46.5 Å². The van der Waals surface area contributed by atoms with Gasteiger partial charge >= 0.3 is 5.97 Å². The highest BCUT2D eigenvalue weighted by atomic mass is 16.5. The van der Waals surface area contributed by atoms with E-state index in [0.29, 0.717) is 5.92 Å². The summed E-state index contributed by atoms with van der Waals surface area (Å²) >= 11 is 0. The maximum atomic E-state index is 11.7. The summed E-state index contributed by atoms with van der Waals surface area (Å²) in [6.45, 7) is 5.91. The predicted octanol–water partition coefficient (Wildman–Crippen LogP) is 1.85. The Morgan fingerprint density at radius 3 is 2.36 bits per heavy atom.